The number of fused-ring (bicyclic) bond motifs is 5. The van der Waals surface area contributed by atoms with Gasteiger partial charge in [0.25, 0.3) is 11.8 Å². The molecule has 1 saturated carbocycles. The number of hydrogen-bond acceptors (Lipinski definition) is 8. The van der Waals surface area contributed by atoms with Gasteiger partial charge in [-0.15, -0.1) is 0 Å². The highest BCUT2D eigenvalue weighted by atomic mass is 35.5. The van der Waals surface area contributed by atoms with Gasteiger partial charge in [-0.3, -0.25) is 29.5 Å². The Bertz CT molecular complexity index is 2120. The lowest BCUT2D eigenvalue weighted by atomic mass is 9.48. The van der Waals surface area contributed by atoms with Gasteiger partial charge in [-0.1, -0.05) is 47.0 Å². The third-order valence-corrected chi connectivity index (χ3v) is 11.5. The van der Waals surface area contributed by atoms with E-state index >= 15 is 4.79 Å². The summed E-state index contributed by atoms with van der Waals surface area (Å²) in [4.78, 5) is 61.7. The lowest BCUT2D eigenvalue weighted by Gasteiger charge is -2.51. The summed E-state index contributed by atoms with van der Waals surface area (Å²) in [7, 11) is 1.43. The zero-order valence-electron chi connectivity index (χ0n) is 26.6. The summed E-state index contributed by atoms with van der Waals surface area (Å²) in [6.07, 6.45) is -0.372. The molecular formula is C36H27Cl2F3N4O6. The van der Waals surface area contributed by atoms with Crippen LogP contribution in [0, 0.1) is 29.6 Å². The fraction of sp³-hybridized carbons (Fsp3) is 0.306. The zero-order chi connectivity index (χ0) is 36.1. The predicted molar refractivity (Wildman–Crippen MR) is 176 cm³/mol. The molecular weight excluding hydrogens is 712 g/mol. The molecule has 3 aromatic rings. The Kier molecular flexibility index (Phi) is 7.55. The average molecular weight is 740 g/mol. The Hall–Kier alpha value is -4.88. The van der Waals surface area contributed by atoms with Crippen LogP contribution in [0.1, 0.15) is 29.5 Å². The Balaban J connectivity index is 1.32. The van der Waals surface area contributed by atoms with Crippen LogP contribution in [0.4, 0.5) is 19.0 Å². The number of phenolic OH excluding ortho intramolecular Hbond substituents is 1. The maximum absolute atomic E-state index is 15.2. The fourth-order valence-electron chi connectivity index (χ4n) is 8.76. The van der Waals surface area contributed by atoms with Gasteiger partial charge in [0.1, 0.15) is 11.5 Å². The first-order chi connectivity index (χ1) is 24.2. The molecule has 0 spiro atoms. The van der Waals surface area contributed by atoms with Gasteiger partial charge in [-0.25, -0.2) is 4.98 Å². The van der Waals surface area contributed by atoms with Crippen LogP contribution in [0.3, 0.4) is 0 Å². The van der Waals surface area contributed by atoms with Crippen molar-refractivity contribution >= 4 is 52.6 Å². The zero-order valence-corrected chi connectivity index (χ0v) is 28.1. The van der Waals surface area contributed by atoms with E-state index in [4.69, 9.17) is 27.9 Å². The molecule has 262 valence electrons. The SMILES string of the molecule is CN1C(=O)[C@H]2[C@H](CC=C3[C@H](C4=COc5ccc(O)cc5C4)[C@]4(c5ccc(Cl)cc5)C(=O)N(Nc5ncc(C(F)(F)F)cc5Cl)C(=O)[C@@H]4C[C@H]32)C1=O. The maximum atomic E-state index is 15.2. The number of halogens is 5. The minimum absolute atomic E-state index is 0.00141. The topological polar surface area (TPSA) is 129 Å². The number of hydrazine groups is 1. The molecule has 51 heavy (non-hydrogen) atoms. The Morgan fingerprint density at radius 2 is 1.75 bits per heavy atom. The Morgan fingerprint density at radius 1 is 1.00 bits per heavy atom. The standard InChI is InChI=1S/C36H27Cl2F3N4O6/c1-44-31(47)23-8-7-22-24(28(23)33(44)49)13-25-32(48)45(43-30-26(38)12-19(14-42-30)36(39,40)41)34(50)35(25,18-2-4-20(37)5-3-18)29(22)17-10-16-11-21(46)6-9-27(16)51-15-17/h2-7,9,11-12,14-15,23-25,28-29,46H,8,10,13H2,1H3,(H,42,43)/t23-,24+,25-,28-,29-,35+/m0/s1. The second-order valence-electron chi connectivity index (χ2n) is 13.4. The van der Waals surface area contributed by atoms with Crippen molar-refractivity contribution in [3.8, 4) is 11.5 Å². The van der Waals surface area contributed by atoms with E-state index in [1.54, 1.807) is 36.4 Å². The number of imide groups is 2. The van der Waals surface area contributed by atoms with Gasteiger partial charge in [0.15, 0.2) is 5.82 Å². The van der Waals surface area contributed by atoms with Gasteiger partial charge in [0.2, 0.25) is 11.8 Å². The summed E-state index contributed by atoms with van der Waals surface area (Å²) < 4.78 is 46.3. The van der Waals surface area contributed by atoms with Crippen LogP contribution in [0.2, 0.25) is 10.0 Å². The van der Waals surface area contributed by atoms with Crippen molar-refractivity contribution in [2.24, 2.45) is 29.6 Å². The average Bonchev–Trinajstić information content (AvgIpc) is 3.45. The number of nitrogens with one attached hydrogen (secondary N) is 1. The second kappa shape index (κ2) is 11.6. The third kappa shape index (κ3) is 4.88. The molecule has 4 amide bonds. The van der Waals surface area contributed by atoms with Gasteiger partial charge >= 0.3 is 6.18 Å². The van der Waals surface area contributed by atoms with Gasteiger partial charge in [-0.2, -0.15) is 18.2 Å². The van der Waals surface area contributed by atoms with Crippen LogP contribution in [-0.4, -0.2) is 50.7 Å². The maximum Gasteiger partial charge on any atom is 0.417 e. The number of likely N-dealkylation sites (tertiary alicyclic amines) is 1. The monoisotopic (exact) mass is 738 g/mol. The molecule has 0 unspecified atom stereocenters. The highest BCUT2D eigenvalue weighted by Crippen LogP contribution is 2.63. The smallest absolute Gasteiger partial charge is 0.417 e. The molecule has 2 N–H and O–H groups in total. The largest absolute Gasteiger partial charge is 0.508 e. The fourth-order valence-corrected chi connectivity index (χ4v) is 9.09. The quantitative estimate of drug-likeness (QED) is 0.244. The number of ether oxygens (including phenoxy) is 1. The molecule has 10 nitrogen and oxygen atoms in total. The van der Waals surface area contributed by atoms with E-state index in [2.05, 4.69) is 10.4 Å². The first-order valence-corrected chi connectivity index (χ1v) is 16.8. The number of benzene rings is 2. The number of alkyl halides is 3. The molecule has 5 aliphatic rings. The third-order valence-electron chi connectivity index (χ3n) is 10.9. The number of rotatable bonds is 4. The summed E-state index contributed by atoms with van der Waals surface area (Å²) in [5.74, 6) is -6.16. The normalized spacial score (nSPS) is 28.4. The summed E-state index contributed by atoms with van der Waals surface area (Å²) in [5, 5.41) is 11.0. The van der Waals surface area contributed by atoms with Crippen molar-refractivity contribution in [2.75, 3.05) is 12.5 Å². The van der Waals surface area contributed by atoms with E-state index in [0.717, 1.165) is 9.91 Å². The van der Waals surface area contributed by atoms with Crippen molar-refractivity contribution < 1.29 is 42.2 Å². The summed E-state index contributed by atoms with van der Waals surface area (Å²) in [6.45, 7) is 0. The number of allylic oxidation sites excluding steroid dienone is 3. The number of phenols is 1. The van der Waals surface area contributed by atoms with Crippen LogP contribution < -0.4 is 10.2 Å². The molecule has 0 bridgehead atoms. The number of nitrogens with zero attached hydrogens (tertiary/aromatic N) is 3. The number of aromatic hydroxyl groups is 1. The van der Waals surface area contributed by atoms with E-state index in [1.807, 2.05) is 6.08 Å². The van der Waals surface area contributed by atoms with E-state index < -0.39 is 63.6 Å². The number of aromatic nitrogens is 1. The molecule has 2 aliphatic carbocycles. The minimum atomic E-state index is -4.74. The van der Waals surface area contributed by atoms with Crippen molar-refractivity contribution in [2.45, 2.75) is 30.9 Å². The van der Waals surface area contributed by atoms with E-state index in [9.17, 15) is 32.7 Å². The Labute approximate surface area is 298 Å². The van der Waals surface area contributed by atoms with Gasteiger partial charge in [0.05, 0.1) is 40.0 Å². The highest BCUT2D eigenvalue weighted by molar-refractivity contribution is 6.33. The van der Waals surface area contributed by atoms with E-state index in [-0.39, 0.29) is 42.6 Å². The van der Waals surface area contributed by atoms with Crippen molar-refractivity contribution in [3.63, 3.8) is 0 Å². The number of carbonyl (C=O) groups is 4. The van der Waals surface area contributed by atoms with Gasteiger partial charge < -0.3 is 9.84 Å². The first-order valence-electron chi connectivity index (χ1n) is 16.0. The molecule has 8 rings (SSSR count). The van der Waals surface area contributed by atoms with Crippen LogP contribution >= 0.6 is 23.2 Å². The Morgan fingerprint density at radius 3 is 2.45 bits per heavy atom. The summed E-state index contributed by atoms with van der Waals surface area (Å²) in [5.41, 5.74) is 2.10. The number of pyridine rings is 1. The number of anilines is 1. The number of amides is 4. The lowest BCUT2D eigenvalue weighted by molar-refractivity contribution is -0.140. The second-order valence-corrected chi connectivity index (χ2v) is 14.3. The molecule has 3 aliphatic heterocycles. The molecule has 3 fully saturated rings. The summed E-state index contributed by atoms with van der Waals surface area (Å²) >= 11 is 12.5. The molecule has 2 saturated heterocycles. The van der Waals surface area contributed by atoms with Crippen LogP contribution in [0.25, 0.3) is 0 Å². The van der Waals surface area contributed by atoms with Gasteiger partial charge in [-0.05, 0) is 66.3 Å². The van der Waals surface area contributed by atoms with Gasteiger partial charge in [0, 0.05) is 36.2 Å². The molecule has 15 heteroatoms. The minimum Gasteiger partial charge on any atom is -0.508 e. The molecule has 4 heterocycles. The molecule has 0 radical (unpaired) electrons. The molecule has 1 aromatic heterocycles. The van der Waals surface area contributed by atoms with E-state index in [1.165, 1.54) is 19.4 Å². The number of carbonyl (C=O) groups excluding carboxylic acids is 4. The summed E-state index contributed by atoms with van der Waals surface area (Å²) in [6, 6.07) is 11.7. The lowest BCUT2D eigenvalue weighted by Crippen LogP contribution is -2.55. The van der Waals surface area contributed by atoms with Crippen LogP contribution in [-0.2, 0) is 37.2 Å². The van der Waals surface area contributed by atoms with Crippen LogP contribution in [0.15, 0.2) is 78.2 Å². The molecule has 2 aromatic carbocycles. The van der Waals surface area contributed by atoms with Crippen molar-refractivity contribution in [1.29, 1.82) is 0 Å². The number of hydrogen-bond donors (Lipinski definition) is 2. The highest BCUT2D eigenvalue weighted by Gasteiger charge is 2.70. The van der Waals surface area contributed by atoms with E-state index in [0.29, 0.717) is 45.3 Å². The predicted octanol–water partition coefficient (Wildman–Crippen LogP) is 6.08. The van der Waals surface area contributed by atoms with Crippen molar-refractivity contribution in [3.05, 3.63) is 105 Å². The molecule has 6 atom stereocenters. The van der Waals surface area contributed by atoms with Crippen molar-refractivity contribution in [1.82, 2.24) is 14.9 Å². The first kappa shape index (κ1) is 33.3. The van der Waals surface area contributed by atoms with Crippen LogP contribution in [0.5, 0.6) is 11.5 Å².